The van der Waals surface area contributed by atoms with Crippen molar-refractivity contribution >= 4 is 87.7 Å². The third kappa shape index (κ3) is 10.7. The summed E-state index contributed by atoms with van der Waals surface area (Å²) in [6.45, 7) is -0.222. The number of thioether (sulfide) groups is 2. The van der Waals surface area contributed by atoms with Crippen LogP contribution < -0.4 is 98.5 Å². The van der Waals surface area contributed by atoms with E-state index in [9.17, 15) is 43.7 Å². The molecule has 0 N–H and O–H groups in total. The summed E-state index contributed by atoms with van der Waals surface area (Å²) in [5.74, 6) is -1.21. The van der Waals surface area contributed by atoms with Crippen molar-refractivity contribution in [3.05, 3.63) is 76.7 Å². The standard InChI is InChI=1S/C22H18N2O10S6.3Na/c25-21-18(37-22(35)24(21)14-5-7-15(8-6-14)39(29,30)31)3-1-2-4-20-23(11-12-38(26,27)28)17-10-9-16(40(32,33)34)13-19(17)36-20;;;/h1-10,13H,11-12H2,(H,26,27,28)(H,29,30,31)(H,32,33,34);;;/q;3*+1/p-3/b2-1+,18-3+,20-4-;;;. The molecule has 0 radical (unpaired) electrons. The zero-order valence-corrected chi connectivity index (χ0v) is 33.6. The van der Waals surface area contributed by atoms with Crippen molar-refractivity contribution in [1.29, 1.82) is 0 Å². The Kier molecular flexibility index (Phi) is 15.9. The summed E-state index contributed by atoms with van der Waals surface area (Å²) >= 11 is 7.31. The Morgan fingerprint density at radius 3 is 1.91 bits per heavy atom. The minimum absolute atomic E-state index is 0. The molecule has 2 heterocycles. The number of carbonyl (C=O) groups is 1. The van der Waals surface area contributed by atoms with Crippen molar-refractivity contribution in [1.82, 2.24) is 0 Å². The Balaban J connectivity index is 0.00000308. The fourth-order valence-electron chi connectivity index (χ4n) is 3.55. The second kappa shape index (κ2) is 16.5. The van der Waals surface area contributed by atoms with Crippen molar-refractivity contribution in [3.63, 3.8) is 0 Å². The summed E-state index contributed by atoms with van der Waals surface area (Å²) in [7, 11) is -13.9. The van der Waals surface area contributed by atoms with Gasteiger partial charge in [0.2, 0.25) is 0 Å². The Hall–Kier alpha value is 0.450. The molecule has 2 aliphatic rings. The predicted molar refractivity (Wildman–Crippen MR) is 150 cm³/mol. The number of thiocarbonyl (C=S) groups is 1. The molecule has 0 atom stereocenters. The maximum atomic E-state index is 12.9. The van der Waals surface area contributed by atoms with E-state index in [1.165, 1.54) is 46.2 Å². The van der Waals surface area contributed by atoms with Crippen molar-refractivity contribution < 1.29 is 132 Å². The third-order valence-corrected chi connectivity index (χ3v) is 10.1. The van der Waals surface area contributed by atoms with E-state index in [1.807, 2.05) is 0 Å². The molecule has 2 aromatic rings. The maximum absolute atomic E-state index is 12.9. The van der Waals surface area contributed by atoms with Crippen LogP contribution >= 0.6 is 35.7 Å². The van der Waals surface area contributed by atoms with E-state index < -0.39 is 51.8 Å². The van der Waals surface area contributed by atoms with E-state index in [0.717, 1.165) is 47.8 Å². The zero-order valence-electron chi connectivity index (χ0n) is 22.7. The van der Waals surface area contributed by atoms with Gasteiger partial charge in [0.1, 0.15) is 20.2 Å². The van der Waals surface area contributed by atoms with Gasteiger partial charge >= 0.3 is 88.7 Å². The summed E-state index contributed by atoms with van der Waals surface area (Å²) in [5.41, 5.74) is 0.685. The molecule has 0 aliphatic carbocycles. The van der Waals surface area contributed by atoms with Crippen molar-refractivity contribution in [2.45, 2.75) is 14.7 Å². The van der Waals surface area contributed by atoms with Crippen LogP contribution in [-0.4, -0.2) is 61.4 Å². The molecule has 4 rings (SSSR count). The van der Waals surface area contributed by atoms with Gasteiger partial charge in [0.05, 0.1) is 47.0 Å². The van der Waals surface area contributed by atoms with Gasteiger partial charge in [0, 0.05) is 11.4 Å². The fraction of sp³-hybridized carbons (Fsp3) is 0.0909. The molecule has 0 spiro atoms. The van der Waals surface area contributed by atoms with E-state index in [0.29, 0.717) is 15.6 Å². The Bertz CT molecular complexity index is 1830. The Morgan fingerprint density at radius 1 is 0.791 bits per heavy atom. The van der Waals surface area contributed by atoms with E-state index in [4.69, 9.17) is 12.2 Å². The van der Waals surface area contributed by atoms with Crippen LogP contribution in [0.2, 0.25) is 0 Å². The van der Waals surface area contributed by atoms with E-state index in [1.54, 1.807) is 6.08 Å². The van der Waals surface area contributed by atoms with Crippen molar-refractivity contribution in [2.24, 2.45) is 0 Å². The van der Waals surface area contributed by atoms with Gasteiger partial charge in [-0.3, -0.25) is 9.69 Å². The molecule has 0 aromatic heterocycles. The maximum Gasteiger partial charge on any atom is 1.00 e. The van der Waals surface area contributed by atoms with Gasteiger partial charge in [-0.2, -0.15) is 0 Å². The number of rotatable bonds is 8. The quantitative estimate of drug-likeness (QED) is 0.108. The molecular formula is C22H15N2Na3O10S6. The van der Waals surface area contributed by atoms with Crippen LogP contribution in [0.3, 0.4) is 0 Å². The first-order valence-corrected chi connectivity index (χ1v) is 17.2. The number of hydrogen-bond acceptors (Lipinski definition) is 14. The minimum Gasteiger partial charge on any atom is -0.748 e. The SMILES string of the molecule is O=C1\C(=C/C=C/C=C2\Sc3cc(S(=O)(=O)[O-])ccc3N2CCS(=O)(=O)[O-])SC(=S)N1c1ccc(S(=O)(=O)[O-])cc1.[Na+].[Na+].[Na+]. The number of nitrogens with zero attached hydrogens (tertiary/aromatic N) is 2. The molecule has 2 aliphatic heterocycles. The average molecular weight is 729 g/mol. The average Bonchev–Trinajstić information content (AvgIpc) is 3.34. The molecule has 0 saturated carbocycles. The van der Waals surface area contributed by atoms with Crippen LogP contribution in [0.1, 0.15) is 0 Å². The number of hydrogen-bond donors (Lipinski definition) is 0. The molecule has 0 unspecified atom stereocenters. The summed E-state index contributed by atoms with van der Waals surface area (Å²) in [6, 6.07) is 8.32. The Morgan fingerprint density at radius 2 is 1.35 bits per heavy atom. The first-order valence-electron chi connectivity index (χ1n) is 10.7. The first kappa shape index (κ1) is 41.5. The molecule has 212 valence electrons. The van der Waals surface area contributed by atoms with E-state index in [-0.39, 0.29) is 110 Å². The first-order chi connectivity index (χ1) is 18.5. The number of fused-ring (bicyclic) bond motifs is 1. The van der Waals surface area contributed by atoms with Gasteiger partial charge in [-0.25, -0.2) is 25.3 Å². The smallest absolute Gasteiger partial charge is 0.748 e. The fourth-order valence-corrected chi connectivity index (χ4v) is 7.38. The Labute approximate surface area is 328 Å². The summed E-state index contributed by atoms with van der Waals surface area (Å²) in [4.78, 5) is 15.3. The largest absolute Gasteiger partial charge is 1.00 e. The van der Waals surface area contributed by atoms with Crippen molar-refractivity contribution in [2.75, 3.05) is 22.1 Å². The topological polar surface area (TPSA) is 195 Å². The monoisotopic (exact) mass is 728 g/mol. The van der Waals surface area contributed by atoms with Crippen LogP contribution in [0, 0.1) is 0 Å². The number of amides is 1. The van der Waals surface area contributed by atoms with E-state index in [2.05, 4.69) is 0 Å². The van der Waals surface area contributed by atoms with Crippen molar-refractivity contribution in [3.8, 4) is 0 Å². The molecule has 12 nitrogen and oxygen atoms in total. The van der Waals surface area contributed by atoms with Gasteiger partial charge < -0.3 is 18.6 Å². The van der Waals surface area contributed by atoms with Crippen LogP contribution in [0.25, 0.3) is 0 Å². The molecule has 1 saturated heterocycles. The normalized spacial score (nSPS) is 17.2. The minimum atomic E-state index is -4.73. The number of anilines is 2. The van der Waals surface area contributed by atoms with Gasteiger partial charge in [0.15, 0.2) is 4.32 Å². The van der Waals surface area contributed by atoms with Gasteiger partial charge in [-0.05, 0) is 54.6 Å². The second-order valence-electron chi connectivity index (χ2n) is 7.98. The third-order valence-electron chi connectivity index (χ3n) is 5.33. The van der Waals surface area contributed by atoms with Gasteiger partial charge in [-0.1, -0.05) is 47.9 Å². The van der Waals surface area contributed by atoms with Crippen LogP contribution in [0.15, 0.2) is 91.4 Å². The molecule has 43 heavy (non-hydrogen) atoms. The van der Waals surface area contributed by atoms with E-state index >= 15 is 0 Å². The zero-order chi connectivity index (χ0) is 29.5. The molecular weight excluding hydrogens is 714 g/mol. The molecule has 21 heteroatoms. The number of carbonyl (C=O) groups excluding carboxylic acids is 1. The van der Waals surface area contributed by atoms with Crippen LogP contribution in [-0.2, 0) is 35.1 Å². The summed E-state index contributed by atoms with van der Waals surface area (Å²) in [6.07, 6.45) is 6.05. The molecule has 1 fully saturated rings. The molecule has 1 amide bonds. The molecule has 2 aromatic carbocycles. The van der Waals surface area contributed by atoms with Gasteiger partial charge in [0.25, 0.3) is 5.91 Å². The number of allylic oxidation sites excluding steroid dienone is 4. The predicted octanol–water partition coefficient (Wildman–Crippen LogP) is -6.69. The van der Waals surface area contributed by atoms with Crippen LogP contribution in [0.5, 0.6) is 0 Å². The second-order valence-corrected chi connectivity index (χ2v) is 15.0. The molecule has 0 bridgehead atoms. The summed E-state index contributed by atoms with van der Waals surface area (Å²) < 4.78 is 101. The van der Waals surface area contributed by atoms with Gasteiger partial charge in [-0.15, -0.1) is 0 Å². The summed E-state index contributed by atoms with van der Waals surface area (Å²) in [5, 5.41) is 0.435. The van der Waals surface area contributed by atoms with Crippen LogP contribution in [0.4, 0.5) is 11.4 Å². The number of benzene rings is 2.